The van der Waals surface area contributed by atoms with Gasteiger partial charge in [-0.05, 0) is 12.6 Å². The summed E-state index contributed by atoms with van der Waals surface area (Å²) in [4.78, 5) is 2.26. The van der Waals surface area contributed by atoms with Crippen LogP contribution in [-0.4, -0.2) is 18.5 Å². The van der Waals surface area contributed by atoms with Gasteiger partial charge in [0.25, 0.3) is 0 Å². The zero-order valence-corrected chi connectivity index (χ0v) is 8.69. The van der Waals surface area contributed by atoms with Crippen molar-refractivity contribution in [2.45, 2.75) is 6.54 Å². The lowest BCUT2D eigenvalue weighted by atomic mass is 10.2. The molecule has 1 nitrogen and oxygen atoms in total. The maximum absolute atomic E-state index is 3.64. The second-order valence-corrected chi connectivity index (χ2v) is 3.35. The summed E-state index contributed by atoms with van der Waals surface area (Å²) in [5.41, 5.74) is 1.35. The van der Waals surface area contributed by atoms with Crippen molar-refractivity contribution < 1.29 is 0 Å². The Morgan fingerprint density at radius 3 is 2.64 bits per heavy atom. The van der Waals surface area contributed by atoms with Crippen molar-refractivity contribution in [3.05, 3.63) is 60.7 Å². The van der Waals surface area contributed by atoms with E-state index in [1.807, 2.05) is 12.1 Å². The van der Waals surface area contributed by atoms with Crippen LogP contribution in [-0.2, 0) is 6.54 Å². The summed E-state index contributed by atoms with van der Waals surface area (Å²) < 4.78 is 0. The Kier molecular flexibility index (Phi) is 4.73. The molecule has 0 amide bonds. The first kappa shape index (κ1) is 10.7. The molecule has 0 aliphatic rings. The van der Waals surface area contributed by atoms with Crippen LogP contribution in [0.4, 0.5) is 0 Å². The van der Waals surface area contributed by atoms with Crippen molar-refractivity contribution in [3.63, 3.8) is 0 Å². The average molecular weight is 187 g/mol. The van der Waals surface area contributed by atoms with Crippen LogP contribution >= 0.6 is 0 Å². The van der Waals surface area contributed by atoms with Crippen LogP contribution in [0.5, 0.6) is 0 Å². The van der Waals surface area contributed by atoms with Crippen LogP contribution in [0.1, 0.15) is 5.56 Å². The number of hydrogen-bond donors (Lipinski definition) is 0. The van der Waals surface area contributed by atoms with Gasteiger partial charge in [0.1, 0.15) is 0 Å². The topological polar surface area (TPSA) is 3.24 Å². The van der Waals surface area contributed by atoms with Crippen molar-refractivity contribution in [2.24, 2.45) is 0 Å². The first-order valence-corrected chi connectivity index (χ1v) is 4.83. The van der Waals surface area contributed by atoms with E-state index >= 15 is 0 Å². The molecular formula is C13H17N. The van der Waals surface area contributed by atoms with Crippen molar-refractivity contribution in [1.29, 1.82) is 0 Å². The summed E-state index contributed by atoms with van der Waals surface area (Å²) in [6, 6.07) is 10.5. The van der Waals surface area contributed by atoms with Gasteiger partial charge in [-0.3, -0.25) is 4.90 Å². The van der Waals surface area contributed by atoms with Gasteiger partial charge in [0.2, 0.25) is 0 Å². The van der Waals surface area contributed by atoms with E-state index in [0.717, 1.165) is 13.1 Å². The molecule has 0 unspecified atom stereocenters. The first-order chi connectivity index (χ1) is 6.83. The summed E-state index contributed by atoms with van der Waals surface area (Å²) in [7, 11) is 2.11. The normalized spacial score (nSPS) is 11.0. The van der Waals surface area contributed by atoms with Gasteiger partial charge >= 0.3 is 0 Å². The standard InChI is InChI=1S/C13H17N/c1-3-4-8-11-14(2)12-13-9-6-5-7-10-13/h3-10H,1,11-12H2,2H3/b8-4-. The van der Waals surface area contributed by atoms with E-state index in [2.05, 4.69) is 48.9 Å². The summed E-state index contributed by atoms with van der Waals surface area (Å²) in [5, 5.41) is 0. The maximum atomic E-state index is 3.64. The molecule has 1 aromatic carbocycles. The van der Waals surface area contributed by atoms with E-state index in [9.17, 15) is 0 Å². The van der Waals surface area contributed by atoms with Crippen molar-refractivity contribution in [3.8, 4) is 0 Å². The number of rotatable bonds is 5. The quantitative estimate of drug-likeness (QED) is 0.641. The third kappa shape index (κ3) is 4.06. The summed E-state index contributed by atoms with van der Waals surface area (Å²) in [5.74, 6) is 0. The second-order valence-electron chi connectivity index (χ2n) is 3.35. The zero-order valence-electron chi connectivity index (χ0n) is 8.69. The summed E-state index contributed by atoms with van der Waals surface area (Å²) in [6.45, 7) is 5.58. The number of hydrogen-bond acceptors (Lipinski definition) is 1. The second kappa shape index (κ2) is 6.17. The van der Waals surface area contributed by atoms with E-state index < -0.39 is 0 Å². The molecule has 0 bridgehead atoms. The molecule has 0 N–H and O–H groups in total. The van der Waals surface area contributed by atoms with Gasteiger partial charge in [-0.25, -0.2) is 0 Å². The summed E-state index contributed by atoms with van der Waals surface area (Å²) in [6.07, 6.45) is 5.88. The molecule has 0 radical (unpaired) electrons. The predicted octanol–water partition coefficient (Wildman–Crippen LogP) is 2.86. The minimum Gasteiger partial charge on any atom is -0.298 e. The van der Waals surface area contributed by atoms with E-state index in [1.165, 1.54) is 5.56 Å². The van der Waals surface area contributed by atoms with Crippen LogP contribution in [0.2, 0.25) is 0 Å². The van der Waals surface area contributed by atoms with Gasteiger partial charge in [-0.1, -0.05) is 55.1 Å². The molecule has 0 spiro atoms. The molecule has 0 fully saturated rings. The monoisotopic (exact) mass is 187 g/mol. The Morgan fingerprint density at radius 2 is 2.00 bits per heavy atom. The molecule has 0 aliphatic carbocycles. The minimum atomic E-state index is 0.959. The highest BCUT2D eigenvalue weighted by Gasteiger charge is 1.95. The number of likely N-dealkylation sites (N-methyl/N-ethyl adjacent to an activating group) is 1. The van der Waals surface area contributed by atoms with Gasteiger partial charge in [0.15, 0.2) is 0 Å². The highest BCUT2D eigenvalue weighted by Crippen LogP contribution is 2.01. The largest absolute Gasteiger partial charge is 0.298 e. The van der Waals surface area contributed by atoms with Crippen molar-refractivity contribution >= 4 is 0 Å². The minimum absolute atomic E-state index is 0.959. The lowest BCUT2D eigenvalue weighted by molar-refractivity contribution is 0.363. The van der Waals surface area contributed by atoms with Crippen LogP contribution < -0.4 is 0 Å². The van der Waals surface area contributed by atoms with E-state index in [-0.39, 0.29) is 0 Å². The Balaban J connectivity index is 2.37. The summed E-state index contributed by atoms with van der Waals surface area (Å²) >= 11 is 0. The van der Waals surface area contributed by atoms with Gasteiger partial charge in [-0.15, -0.1) is 0 Å². The highest BCUT2D eigenvalue weighted by atomic mass is 15.1. The Morgan fingerprint density at radius 1 is 1.29 bits per heavy atom. The van der Waals surface area contributed by atoms with Crippen molar-refractivity contribution in [1.82, 2.24) is 4.90 Å². The molecule has 0 heterocycles. The maximum Gasteiger partial charge on any atom is 0.0233 e. The Labute approximate surface area is 86.4 Å². The van der Waals surface area contributed by atoms with Crippen LogP contribution in [0.15, 0.2) is 55.1 Å². The highest BCUT2D eigenvalue weighted by molar-refractivity contribution is 5.14. The SMILES string of the molecule is C=C/C=C\CN(C)Cc1ccccc1. The van der Waals surface area contributed by atoms with Crippen molar-refractivity contribution in [2.75, 3.05) is 13.6 Å². The Bertz CT molecular complexity index is 287. The molecule has 0 aliphatic heterocycles. The molecule has 0 aromatic heterocycles. The first-order valence-electron chi connectivity index (χ1n) is 4.83. The fourth-order valence-corrected chi connectivity index (χ4v) is 1.30. The third-order valence-electron chi connectivity index (χ3n) is 1.98. The number of allylic oxidation sites excluding steroid dienone is 2. The smallest absolute Gasteiger partial charge is 0.0233 e. The average Bonchev–Trinajstić information content (AvgIpc) is 2.20. The number of nitrogens with zero attached hydrogens (tertiary/aromatic N) is 1. The molecule has 1 heteroatoms. The zero-order chi connectivity index (χ0) is 10.2. The van der Waals surface area contributed by atoms with Crippen LogP contribution in [0.3, 0.4) is 0 Å². The van der Waals surface area contributed by atoms with Crippen LogP contribution in [0.25, 0.3) is 0 Å². The van der Waals surface area contributed by atoms with Crippen LogP contribution in [0, 0.1) is 0 Å². The van der Waals surface area contributed by atoms with Gasteiger partial charge < -0.3 is 0 Å². The molecule has 0 atom stereocenters. The molecule has 14 heavy (non-hydrogen) atoms. The van der Waals surface area contributed by atoms with E-state index in [0.29, 0.717) is 0 Å². The third-order valence-corrected chi connectivity index (χ3v) is 1.98. The van der Waals surface area contributed by atoms with E-state index in [1.54, 1.807) is 6.08 Å². The number of benzene rings is 1. The predicted molar refractivity (Wildman–Crippen MR) is 62.1 cm³/mol. The lowest BCUT2D eigenvalue weighted by Gasteiger charge is -2.13. The fraction of sp³-hybridized carbons (Fsp3) is 0.231. The molecular weight excluding hydrogens is 170 g/mol. The van der Waals surface area contributed by atoms with E-state index in [4.69, 9.17) is 0 Å². The fourth-order valence-electron chi connectivity index (χ4n) is 1.30. The lowest BCUT2D eigenvalue weighted by Crippen LogP contribution is -2.17. The van der Waals surface area contributed by atoms with Gasteiger partial charge in [-0.2, -0.15) is 0 Å². The Hall–Kier alpha value is -1.34. The molecule has 74 valence electrons. The molecule has 0 saturated heterocycles. The molecule has 0 saturated carbocycles. The van der Waals surface area contributed by atoms with Gasteiger partial charge in [0.05, 0.1) is 0 Å². The van der Waals surface area contributed by atoms with Gasteiger partial charge in [0, 0.05) is 13.1 Å². The molecule has 1 rings (SSSR count). The molecule has 1 aromatic rings.